The number of hydrogen-bond donors (Lipinski definition) is 2. The Morgan fingerprint density at radius 2 is 1.97 bits per heavy atom. The molecule has 0 radical (unpaired) electrons. The van der Waals surface area contributed by atoms with Gasteiger partial charge in [-0.15, -0.1) is 0 Å². The van der Waals surface area contributed by atoms with Crippen LogP contribution in [0, 0.1) is 23.2 Å². The van der Waals surface area contributed by atoms with E-state index in [2.05, 4.69) is 37.8 Å². The van der Waals surface area contributed by atoms with E-state index in [4.69, 9.17) is 4.74 Å². The second kappa shape index (κ2) is 9.44. The largest absolute Gasteiger partial charge is 0.393 e. The molecule has 4 aliphatic rings. The van der Waals surface area contributed by atoms with E-state index in [1.54, 1.807) is 5.57 Å². The summed E-state index contributed by atoms with van der Waals surface area (Å²) in [5.41, 5.74) is 3.26. The summed E-state index contributed by atoms with van der Waals surface area (Å²) >= 11 is 0. The van der Waals surface area contributed by atoms with Crippen LogP contribution in [0.15, 0.2) is 23.3 Å². The van der Waals surface area contributed by atoms with E-state index in [1.165, 1.54) is 44.2 Å². The predicted molar refractivity (Wildman–Crippen MR) is 121 cm³/mol. The Hall–Kier alpha value is -0.680. The predicted octanol–water partition coefficient (Wildman–Crippen LogP) is 4.32. The monoisotopic (exact) mass is 417 g/mol. The summed E-state index contributed by atoms with van der Waals surface area (Å²) in [5, 5.41) is 20.0. The Kier molecular flexibility index (Phi) is 7.08. The minimum absolute atomic E-state index is 0.380. The minimum Gasteiger partial charge on any atom is -0.393 e. The van der Waals surface area contributed by atoms with E-state index in [0.29, 0.717) is 23.8 Å². The molecule has 0 bridgehead atoms. The smallest absolute Gasteiger partial charge is 0.0619 e. The number of morpholine rings is 1. The first kappa shape index (κ1) is 22.5. The summed E-state index contributed by atoms with van der Waals surface area (Å²) in [4.78, 5) is 2.65. The lowest BCUT2D eigenvalue weighted by Gasteiger charge is -2.46. The maximum Gasteiger partial charge on any atom is 0.0619 e. The Morgan fingerprint density at radius 1 is 1.20 bits per heavy atom. The molecule has 0 aromatic carbocycles. The molecule has 30 heavy (non-hydrogen) atoms. The molecule has 7 atom stereocenters. The van der Waals surface area contributed by atoms with E-state index in [9.17, 15) is 10.2 Å². The molecular formula is C26H43NO3. The van der Waals surface area contributed by atoms with Crippen molar-refractivity contribution in [2.45, 2.75) is 90.4 Å². The lowest BCUT2D eigenvalue weighted by molar-refractivity contribution is -0.0176. The van der Waals surface area contributed by atoms with E-state index in [1.807, 2.05) is 0 Å². The molecule has 4 nitrogen and oxygen atoms in total. The third-order valence-corrected chi connectivity index (χ3v) is 8.83. The van der Waals surface area contributed by atoms with Gasteiger partial charge in [0, 0.05) is 19.1 Å². The van der Waals surface area contributed by atoms with E-state index >= 15 is 0 Å². The summed E-state index contributed by atoms with van der Waals surface area (Å²) < 4.78 is 5.64. The molecule has 3 saturated carbocycles. The summed E-state index contributed by atoms with van der Waals surface area (Å²) in [6.07, 6.45) is 12.4. The van der Waals surface area contributed by atoms with Gasteiger partial charge in [-0.3, -0.25) is 4.90 Å². The number of allylic oxidation sites excluding steroid dienone is 3. The number of fused-ring (bicyclic) bond motifs is 1. The maximum absolute atomic E-state index is 9.99. The summed E-state index contributed by atoms with van der Waals surface area (Å²) in [7, 11) is 0. The average Bonchev–Trinajstić information content (AvgIpc) is 3.05. The molecule has 0 aromatic rings. The van der Waals surface area contributed by atoms with Crippen molar-refractivity contribution in [3.8, 4) is 0 Å². The number of aliphatic hydroxyl groups is 2. The average molecular weight is 418 g/mol. The molecule has 4 fully saturated rings. The first-order valence-corrected chi connectivity index (χ1v) is 12.4. The number of aliphatic hydroxyl groups excluding tert-OH is 2. The van der Waals surface area contributed by atoms with Gasteiger partial charge in [0.05, 0.1) is 25.4 Å². The van der Waals surface area contributed by atoms with E-state index < -0.39 is 0 Å². The van der Waals surface area contributed by atoms with E-state index in [0.717, 1.165) is 44.4 Å². The van der Waals surface area contributed by atoms with Gasteiger partial charge in [-0.25, -0.2) is 0 Å². The van der Waals surface area contributed by atoms with Crippen LogP contribution in [-0.4, -0.2) is 59.7 Å². The molecule has 1 aliphatic heterocycles. The Balaban J connectivity index is 1.45. The van der Waals surface area contributed by atoms with Gasteiger partial charge in [0.2, 0.25) is 0 Å². The highest BCUT2D eigenvalue weighted by Crippen LogP contribution is 2.59. The van der Waals surface area contributed by atoms with Gasteiger partial charge >= 0.3 is 0 Å². The second-order valence-corrected chi connectivity index (χ2v) is 11.0. The summed E-state index contributed by atoms with van der Waals surface area (Å²) in [5.74, 6) is 2.23. The molecule has 170 valence electrons. The molecule has 3 aliphatic carbocycles. The molecule has 0 aromatic heterocycles. The molecule has 2 N–H and O–H groups in total. The van der Waals surface area contributed by atoms with Crippen molar-refractivity contribution in [1.29, 1.82) is 0 Å². The fourth-order valence-electron chi connectivity index (χ4n) is 7.27. The summed E-state index contributed by atoms with van der Waals surface area (Å²) in [6, 6.07) is 0.542. The molecule has 1 saturated heterocycles. The standard InChI is InChI=1S/C26H43NO3/c1-18(16-27-11-12-30-17-19(27)2)24-8-9-25-21(5-4-10-26(24,25)3)7-6-20-13-22(28)15-23(29)14-20/h6-7,18-19,22-25,28-29H,4-5,8-17H2,1-3H3/t18?,19?,22-,23-,24-,25+,26-/m1/s1. The number of hydrogen-bond acceptors (Lipinski definition) is 4. The van der Waals surface area contributed by atoms with Crippen LogP contribution >= 0.6 is 0 Å². The van der Waals surface area contributed by atoms with Crippen LogP contribution in [0.2, 0.25) is 0 Å². The van der Waals surface area contributed by atoms with Crippen LogP contribution in [0.5, 0.6) is 0 Å². The van der Waals surface area contributed by atoms with Gasteiger partial charge in [0.25, 0.3) is 0 Å². The van der Waals surface area contributed by atoms with Crippen molar-refractivity contribution >= 4 is 0 Å². The molecule has 0 amide bonds. The fourth-order valence-corrected chi connectivity index (χ4v) is 7.27. The zero-order valence-corrected chi connectivity index (χ0v) is 19.4. The first-order chi connectivity index (χ1) is 14.4. The summed E-state index contributed by atoms with van der Waals surface area (Å²) in [6.45, 7) is 11.4. The lowest BCUT2D eigenvalue weighted by atomic mass is 9.61. The number of nitrogens with zero attached hydrogens (tertiary/aromatic N) is 1. The Bertz CT molecular complexity index is 647. The highest BCUT2D eigenvalue weighted by Gasteiger charge is 2.50. The quantitative estimate of drug-likeness (QED) is 0.715. The van der Waals surface area contributed by atoms with Crippen LogP contribution in [0.4, 0.5) is 0 Å². The minimum atomic E-state index is -0.380. The van der Waals surface area contributed by atoms with Crippen molar-refractivity contribution in [3.63, 3.8) is 0 Å². The highest BCUT2D eigenvalue weighted by atomic mass is 16.5. The number of rotatable bonds is 4. The second-order valence-electron chi connectivity index (χ2n) is 11.0. The maximum atomic E-state index is 9.99. The van der Waals surface area contributed by atoms with Crippen molar-refractivity contribution in [1.82, 2.24) is 4.90 Å². The zero-order valence-electron chi connectivity index (χ0n) is 19.4. The van der Waals surface area contributed by atoms with Crippen LogP contribution in [0.1, 0.15) is 72.1 Å². The Morgan fingerprint density at radius 3 is 2.70 bits per heavy atom. The van der Waals surface area contributed by atoms with E-state index in [-0.39, 0.29) is 12.2 Å². The topological polar surface area (TPSA) is 52.9 Å². The molecule has 1 heterocycles. The van der Waals surface area contributed by atoms with Gasteiger partial charge in [0.15, 0.2) is 0 Å². The Labute approximate surface area is 183 Å². The van der Waals surface area contributed by atoms with Crippen LogP contribution in [-0.2, 0) is 4.74 Å². The SMILES string of the molecule is CC(CN1CCOCC1C)[C@H]1CC[C@H]2C(=CC=C3C[C@@H](O)C[C@H](O)C3)CCC[C@]12C. The van der Waals surface area contributed by atoms with Gasteiger partial charge in [0.1, 0.15) is 0 Å². The van der Waals surface area contributed by atoms with Crippen LogP contribution in [0.3, 0.4) is 0 Å². The number of ether oxygens (including phenoxy) is 1. The van der Waals surface area contributed by atoms with Gasteiger partial charge < -0.3 is 14.9 Å². The van der Waals surface area contributed by atoms with Crippen molar-refractivity contribution in [2.75, 3.05) is 26.3 Å². The third-order valence-electron chi connectivity index (χ3n) is 8.83. The zero-order chi connectivity index (χ0) is 21.3. The van der Waals surface area contributed by atoms with Gasteiger partial charge in [-0.05, 0) is 81.5 Å². The highest BCUT2D eigenvalue weighted by molar-refractivity contribution is 5.26. The van der Waals surface area contributed by atoms with Crippen LogP contribution < -0.4 is 0 Å². The molecule has 2 unspecified atom stereocenters. The third kappa shape index (κ3) is 4.72. The van der Waals surface area contributed by atoms with Crippen molar-refractivity contribution in [3.05, 3.63) is 23.3 Å². The molecule has 4 rings (SSSR count). The molecule has 0 spiro atoms. The van der Waals surface area contributed by atoms with Crippen molar-refractivity contribution < 1.29 is 14.9 Å². The molecular weight excluding hydrogens is 374 g/mol. The van der Waals surface area contributed by atoms with Crippen molar-refractivity contribution in [2.24, 2.45) is 23.2 Å². The van der Waals surface area contributed by atoms with Crippen LogP contribution in [0.25, 0.3) is 0 Å². The first-order valence-electron chi connectivity index (χ1n) is 12.4. The lowest BCUT2D eigenvalue weighted by Crippen LogP contribution is -2.47. The van der Waals surface area contributed by atoms with Gasteiger partial charge in [-0.2, -0.15) is 0 Å². The fraction of sp³-hybridized carbons (Fsp3) is 0.846. The van der Waals surface area contributed by atoms with Gasteiger partial charge in [-0.1, -0.05) is 37.1 Å². The normalized spacial score (nSPS) is 42.9. The molecule has 4 heteroatoms.